The topological polar surface area (TPSA) is 82.6 Å². The summed E-state index contributed by atoms with van der Waals surface area (Å²) in [5.41, 5.74) is 1.85. The van der Waals surface area contributed by atoms with E-state index in [4.69, 9.17) is 13.9 Å². The van der Waals surface area contributed by atoms with Gasteiger partial charge in [-0.05, 0) is 19.1 Å². The van der Waals surface area contributed by atoms with Crippen LogP contribution in [0.15, 0.2) is 34.9 Å². The van der Waals surface area contributed by atoms with Crippen molar-refractivity contribution in [1.82, 2.24) is 19.4 Å². The Morgan fingerprint density at radius 3 is 2.79 bits per heavy atom. The summed E-state index contributed by atoms with van der Waals surface area (Å²) in [6.45, 7) is 5.76. The predicted octanol–water partition coefficient (Wildman–Crippen LogP) is 3.38. The molecular weight excluding hydrogens is 360 g/mol. The van der Waals surface area contributed by atoms with Crippen LogP contribution in [-0.2, 0) is 11.3 Å². The van der Waals surface area contributed by atoms with E-state index in [0.717, 1.165) is 29.6 Å². The van der Waals surface area contributed by atoms with Gasteiger partial charge in [-0.25, -0.2) is 9.78 Å². The zero-order valence-corrected chi connectivity index (χ0v) is 16.1. The van der Waals surface area contributed by atoms with Crippen molar-refractivity contribution in [2.24, 2.45) is 0 Å². The van der Waals surface area contributed by atoms with Crippen LogP contribution in [0.2, 0.25) is 0 Å². The largest absolute Gasteiger partial charge is 0.461 e. The van der Waals surface area contributed by atoms with Crippen molar-refractivity contribution in [2.45, 2.75) is 39.3 Å². The van der Waals surface area contributed by atoms with E-state index in [1.807, 2.05) is 42.7 Å². The molecule has 2 aromatic heterocycles. The Morgan fingerprint density at radius 1 is 1.29 bits per heavy atom. The highest BCUT2D eigenvalue weighted by Crippen LogP contribution is 2.26. The number of benzene rings is 1. The quantitative estimate of drug-likeness (QED) is 0.671. The zero-order valence-electron chi connectivity index (χ0n) is 16.1. The first kappa shape index (κ1) is 18.3. The molecule has 148 valence electrons. The number of fused-ring (bicyclic) bond motifs is 1. The van der Waals surface area contributed by atoms with Crippen LogP contribution in [0.25, 0.3) is 11.0 Å². The van der Waals surface area contributed by atoms with Gasteiger partial charge < -0.3 is 18.8 Å². The third kappa shape index (κ3) is 3.81. The van der Waals surface area contributed by atoms with Crippen LogP contribution in [0.1, 0.15) is 31.4 Å². The van der Waals surface area contributed by atoms with Gasteiger partial charge in [-0.1, -0.05) is 12.1 Å². The minimum atomic E-state index is -0.256. The fourth-order valence-corrected chi connectivity index (χ4v) is 3.45. The average molecular weight is 384 g/mol. The summed E-state index contributed by atoms with van der Waals surface area (Å²) in [7, 11) is 0. The Morgan fingerprint density at radius 2 is 2.07 bits per heavy atom. The number of carbonyl (C=O) groups excluding carboxylic acids is 1. The van der Waals surface area contributed by atoms with Crippen molar-refractivity contribution < 1.29 is 18.7 Å². The molecule has 0 bridgehead atoms. The van der Waals surface area contributed by atoms with Gasteiger partial charge in [0.05, 0.1) is 30.4 Å². The van der Waals surface area contributed by atoms with Crippen LogP contribution < -0.4 is 4.74 Å². The second-order valence-corrected chi connectivity index (χ2v) is 6.82. The summed E-state index contributed by atoms with van der Waals surface area (Å²) in [4.78, 5) is 22.4. The maximum absolute atomic E-state index is 11.9. The number of aryl methyl sites for hydroxylation is 1. The molecule has 4 rings (SSSR count). The van der Waals surface area contributed by atoms with Crippen LogP contribution in [0, 0.1) is 6.92 Å². The number of amides is 1. The van der Waals surface area contributed by atoms with Crippen molar-refractivity contribution in [1.29, 1.82) is 0 Å². The zero-order chi connectivity index (χ0) is 19.5. The number of imidazole rings is 1. The van der Waals surface area contributed by atoms with E-state index in [-0.39, 0.29) is 12.2 Å². The standard InChI is InChI=1S/C20H24N4O4/c1-3-26-20(25)23-10-8-15(9-11-23)28-19-22-17-6-4-5-7-18(17)24(19)13-16-12-21-14(2)27-16/h4-7,12,15H,3,8-11,13H2,1-2H3. The molecule has 1 aliphatic rings. The minimum Gasteiger partial charge on any atom is -0.461 e. The lowest BCUT2D eigenvalue weighted by molar-refractivity contribution is 0.0658. The molecule has 0 atom stereocenters. The Bertz CT molecular complexity index is 956. The highest BCUT2D eigenvalue weighted by molar-refractivity contribution is 5.76. The second-order valence-electron chi connectivity index (χ2n) is 6.82. The number of likely N-dealkylation sites (tertiary alicyclic amines) is 1. The summed E-state index contributed by atoms with van der Waals surface area (Å²) >= 11 is 0. The number of carbonyl (C=O) groups is 1. The second kappa shape index (κ2) is 7.92. The molecule has 1 fully saturated rings. The Balaban J connectivity index is 1.51. The molecule has 0 N–H and O–H groups in total. The molecule has 3 heterocycles. The first-order valence-corrected chi connectivity index (χ1v) is 9.59. The van der Waals surface area contributed by atoms with Gasteiger partial charge in [0, 0.05) is 32.9 Å². The molecule has 8 nitrogen and oxygen atoms in total. The van der Waals surface area contributed by atoms with Crippen molar-refractivity contribution in [3.8, 4) is 6.01 Å². The minimum absolute atomic E-state index is 0.00213. The number of oxazole rings is 1. The van der Waals surface area contributed by atoms with E-state index < -0.39 is 0 Å². The van der Waals surface area contributed by atoms with Crippen LogP contribution in [0.3, 0.4) is 0 Å². The van der Waals surface area contributed by atoms with Crippen LogP contribution in [0.4, 0.5) is 4.79 Å². The Kier molecular flexibility index (Phi) is 5.18. The van der Waals surface area contributed by atoms with Crippen LogP contribution in [-0.4, -0.2) is 51.3 Å². The summed E-state index contributed by atoms with van der Waals surface area (Å²) in [5.74, 6) is 1.39. The first-order chi connectivity index (χ1) is 13.6. The van der Waals surface area contributed by atoms with Gasteiger partial charge in [-0.15, -0.1) is 0 Å². The summed E-state index contributed by atoms with van der Waals surface area (Å²) in [5, 5.41) is 0. The SMILES string of the molecule is CCOC(=O)N1CCC(Oc2nc3ccccc3n2Cc2cnc(C)o2)CC1. The summed E-state index contributed by atoms with van der Waals surface area (Å²) < 4.78 is 19.0. The number of aromatic nitrogens is 3. The Labute approximate surface area is 163 Å². The number of ether oxygens (including phenoxy) is 2. The smallest absolute Gasteiger partial charge is 0.409 e. The maximum atomic E-state index is 11.9. The summed E-state index contributed by atoms with van der Waals surface area (Å²) in [6.07, 6.45) is 2.95. The molecule has 3 aromatic rings. The van der Waals surface area contributed by atoms with Crippen molar-refractivity contribution in [3.05, 3.63) is 42.1 Å². The van der Waals surface area contributed by atoms with Gasteiger partial charge >= 0.3 is 6.09 Å². The molecule has 0 unspecified atom stereocenters. The number of rotatable bonds is 5. The molecular formula is C20H24N4O4. The number of para-hydroxylation sites is 2. The van der Waals surface area contributed by atoms with Crippen LogP contribution >= 0.6 is 0 Å². The molecule has 1 saturated heterocycles. The third-order valence-electron chi connectivity index (χ3n) is 4.84. The highest BCUT2D eigenvalue weighted by Gasteiger charge is 2.26. The van der Waals surface area contributed by atoms with E-state index in [1.54, 1.807) is 11.1 Å². The van der Waals surface area contributed by atoms with Gasteiger partial charge in [-0.3, -0.25) is 4.57 Å². The van der Waals surface area contributed by atoms with Gasteiger partial charge in [-0.2, -0.15) is 4.98 Å². The normalized spacial score (nSPS) is 15.1. The molecule has 1 aliphatic heterocycles. The fourth-order valence-electron chi connectivity index (χ4n) is 3.45. The van der Waals surface area contributed by atoms with Gasteiger partial charge in [0.1, 0.15) is 11.9 Å². The maximum Gasteiger partial charge on any atom is 0.409 e. The fraction of sp³-hybridized carbons (Fsp3) is 0.450. The molecule has 0 spiro atoms. The molecule has 0 aliphatic carbocycles. The lowest BCUT2D eigenvalue weighted by Gasteiger charge is -2.31. The lowest BCUT2D eigenvalue weighted by Crippen LogP contribution is -2.42. The van der Waals surface area contributed by atoms with Crippen molar-refractivity contribution in [3.63, 3.8) is 0 Å². The summed E-state index contributed by atoms with van der Waals surface area (Å²) in [6, 6.07) is 8.48. The van der Waals surface area contributed by atoms with E-state index in [0.29, 0.717) is 38.1 Å². The molecule has 1 aromatic carbocycles. The highest BCUT2D eigenvalue weighted by atomic mass is 16.6. The molecule has 1 amide bonds. The Hall–Kier alpha value is -3.03. The lowest BCUT2D eigenvalue weighted by atomic mass is 10.1. The van der Waals surface area contributed by atoms with Gasteiger partial charge in [0.15, 0.2) is 5.89 Å². The van der Waals surface area contributed by atoms with Gasteiger partial charge in [0.2, 0.25) is 0 Å². The number of hydrogen-bond donors (Lipinski definition) is 0. The molecule has 28 heavy (non-hydrogen) atoms. The number of piperidine rings is 1. The van der Waals surface area contributed by atoms with E-state index in [1.165, 1.54) is 0 Å². The molecule has 0 radical (unpaired) electrons. The van der Waals surface area contributed by atoms with Crippen molar-refractivity contribution >= 4 is 17.1 Å². The van der Waals surface area contributed by atoms with Crippen LogP contribution in [0.5, 0.6) is 6.01 Å². The van der Waals surface area contributed by atoms with E-state index in [9.17, 15) is 4.79 Å². The van der Waals surface area contributed by atoms with Crippen molar-refractivity contribution in [2.75, 3.05) is 19.7 Å². The monoisotopic (exact) mass is 384 g/mol. The molecule has 8 heteroatoms. The van der Waals surface area contributed by atoms with E-state index in [2.05, 4.69) is 9.97 Å². The predicted molar refractivity (Wildman–Crippen MR) is 102 cm³/mol. The average Bonchev–Trinajstić information content (AvgIpc) is 3.26. The van der Waals surface area contributed by atoms with Gasteiger partial charge in [0.25, 0.3) is 6.01 Å². The first-order valence-electron chi connectivity index (χ1n) is 9.59. The third-order valence-corrected chi connectivity index (χ3v) is 4.84. The number of hydrogen-bond acceptors (Lipinski definition) is 6. The molecule has 0 saturated carbocycles. The van der Waals surface area contributed by atoms with E-state index >= 15 is 0 Å². The number of nitrogens with zero attached hydrogens (tertiary/aromatic N) is 4.